The molecule has 0 spiro atoms. The molecule has 0 bridgehead atoms. The molecule has 0 amide bonds. The minimum absolute atomic E-state index is 0.247. The van der Waals surface area contributed by atoms with Gasteiger partial charge in [0.1, 0.15) is 0 Å². The number of hydrogen-bond donors (Lipinski definition) is 1. The molecule has 56 valence electrons. The largest absolute Gasteiger partial charge is 0.351 e. The molecule has 0 aromatic carbocycles. The van der Waals surface area contributed by atoms with E-state index in [4.69, 9.17) is 11.6 Å². The predicted molar refractivity (Wildman–Crippen MR) is 42.2 cm³/mol. The van der Waals surface area contributed by atoms with Crippen molar-refractivity contribution in [1.29, 1.82) is 0 Å². The Bertz CT molecular complexity index is 170. The molecule has 0 radical (unpaired) electrons. The van der Waals surface area contributed by atoms with Gasteiger partial charge < -0.3 is 4.98 Å². The van der Waals surface area contributed by atoms with E-state index in [2.05, 4.69) is 9.97 Å². The van der Waals surface area contributed by atoms with E-state index >= 15 is 0 Å². The van der Waals surface area contributed by atoms with E-state index in [0.717, 1.165) is 18.5 Å². The van der Waals surface area contributed by atoms with Gasteiger partial charge in [-0.05, 0) is 19.8 Å². The summed E-state index contributed by atoms with van der Waals surface area (Å²) >= 11 is 5.76. The average Bonchev–Trinajstić information content (AvgIpc) is 2.34. The Hall–Kier alpha value is -0.500. The van der Waals surface area contributed by atoms with Crippen molar-refractivity contribution in [2.45, 2.75) is 25.1 Å². The lowest BCUT2D eigenvalue weighted by Gasteiger charge is -1.97. The Morgan fingerprint density at radius 1 is 1.80 bits per heavy atom. The van der Waals surface area contributed by atoms with E-state index in [1.54, 1.807) is 6.33 Å². The van der Waals surface area contributed by atoms with Gasteiger partial charge in [0.2, 0.25) is 0 Å². The van der Waals surface area contributed by atoms with Crippen LogP contribution in [0.1, 0.15) is 19.0 Å². The zero-order valence-electron chi connectivity index (χ0n) is 5.97. The molecule has 1 aromatic rings. The lowest BCUT2D eigenvalue weighted by molar-refractivity contribution is 0.788. The van der Waals surface area contributed by atoms with Crippen molar-refractivity contribution >= 4 is 11.6 Å². The van der Waals surface area contributed by atoms with Gasteiger partial charge in [-0.3, -0.25) is 0 Å². The van der Waals surface area contributed by atoms with Crippen LogP contribution >= 0.6 is 11.6 Å². The fourth-order valence-electron chi connectivity index (χ4n) is 0.774. The molecular weight excluding hydrogens is 148 g/mol. The number of nitrogens with one attached hydrogen (secondary N) is 1. The quantitative estimate of drug-likeness (QED) is 0.670. The minimum atomic E-state index is 0.247. The lowest BCUT2D eigenvalue weighted by Crippen LogP contribution is -1.94. The maximum atomic E-state index is 5.76. The summed E-state index contributed by atoms with van der Waals surface area (Å²) in [6.07, 6.45) is 5.55. The molecule has 0 aliphatic rings. The molecule has 0 saturated carbocycles. The van der Waals surface area contributed by atoms with Crippen molar-refractivity contribution in [3.05, 3.63) is 18.2 Å². The van der Waals surface area contributed by atoms with E-state index in [1.165, 1.54) is 0 Å². The van der Waals surface area contributed by atoms with E-state index in [-0.39, 0.29) is 5.38 Å². The van der Waals surface area contributed by atoms with Gasteiger partial charge in [0, 0.05) is 11.6 Å². The van der Waals surface area contributed by atoms with Crippen LogP contribution in [0.5, 0.6) is 0 Å². The minimum Gasteiger partial charge on any atom is -0.351 e. The zero-order chi connectivity index (χ0) is 7.40. The van der Waals surface area contributed by atoms with E-state index in [0.29, 0.717) is 0 Å². The van der Waals surface area contributed by atoms with Crippen molar-refractivity contribution in [2.75, 3.05) is 0 Å². The first-order valence-corrected chi connectivity index (χ1v) is 3.84. The van der Waals surface area contributed by atoms with E-state index < -0.39 is 0 Å². The Morgan fingerprint density at radius 3 is 3.10 bits per heavy atom. The molecule has 0 fully saturated rings. The number of rotatable bonds is 3. The molecule has 3 heteroatoms. The number of aryl methyl sites for hydroxylation is 1. The molecule has 0 saturated heterocycles. The second kappa shape index (κ2) is 3.62. The summed E-state index contributed by atoms with van der Waals surface area (Å²) in [5.41, 5.74) is 1.09. The van der Waals surface area contributed by atoms with Gasteiger partial charge in [0.15, 0.2) is 0 Å². The van der Waals surface area contributed by atoms with Crippen molar-refractivity contribution in [3.8, 4) is 0 Å². The number of H-pyrrole nitrogens is 1. The number of aromatic nitrogens is 2. The number of alkyl halides is 1. The molecule has 0 aliphatic carbocycles. The second-order valence-electron chi connectivity index (χ2n) is 2.38. The Balaban J connectivity index is 2.28. The van der Waals surface area contributed by atoms with Crippen molar-refractivity contribution in [3.63, 3.8) is 0 Å². The van der Waals surface area contributed by atoms with Crippen LogP contribution in [0.4, 0.5) is 0 Å². The first-order valence-electron chi connectivity index (χ1n) is 3.41. The highest BCUT2D eigenvalue weighted by Crippen LogP contribution is 2.04. The van der Waals surface area contributed by atoms with Crippen LogP contribution in [0.3, 0.4) is 0 Å². The van der Waals surface area contributed by atoms with Crippen molar-refractivity contribution in [1.82, 2.24) is 9.97 Å². The van der Waals surface area contributed by atoms with Gasteiger partial charge in [0.25, 0.3) is 0 Å². The first kappa shape index (κ1) is 7.61. The highest BCUT2D eigenvalue weighted by molar-refractivity contribution is 6.20. The number of aromatic amines is 1. The summed E-state index contributed by atoms with van der Waals surface area (Å²) < 4.78 is 0. The normalized spacial score (nSPS) is 13.4. The smallest absolute Gasteiger partial charge is 0.0923 e. The molecule has 1 rings (SSSR count). The van der Waals surface area contributed by atoms with Crippen LogP contribution in [0.25, 0.3) is 0 Å². The standard InChI is InChI=1S/C7H11ClN2/c1-6(8)2-3-7-4-9-5-10-7/h4-6H,2-3H2,1H3,(H,9,10). The van der Waals surface area contributed by atoms with Gasteiger partial charge in [-0.1, -0.05) is 0 Å². The van der Waals surface area contributed by atoms with Gasteiger partial charge in [0.05, 0.1) is 12.0 Å². The fourth-order valence-corrected chi connectivity index (χ4v) is 0.884. The van der Waals surface area contributed by atoms with Crippen molar-refractivity contribution in [2.24, 2.45) is 0 Å². The third kappa shape index (κ3) is 2.40. The summed E-state index contributed by atoms with van der Waals surface area (Å²) in [4.78, 5) is 6.97. The molecule has 10 heavy (non-hydrogen) atoms. The third-order valence-electron chi connectivity index (χ3n) is 1.35. The fraction of sp³-hybridized carbons (Fsp3) is 0.571. The summed E-state index contributed by atoms with van der Waals surface area (Å²) in [6.45, 7) is 1.99. The highest BCUT2D eigenvalue weighted by Gasteiger charge is 1.98. The van der Waals surface area contributed by atoms with Gasteiger partial charge in [-0.15, -0.1) is 11.6 Å². The monoisotopic (exact) mass is 158 g/mol. The number of imidazole rings is 1. The topological polar surface area (TPSA) is 28.7 Å². The van der Waals surface area contributed by atoms with Crippen LogP contribution in [0, 0.1) is 0 Å². The Labute approximate surface area is 65.6 Å². The SMILES string of the molecule is CC(Cl)CCc1c[nH]cn1. The van der Waals surface area contributed by atoms with Gasteiger partial charge in [-0.2, -0.15) is 0 Å². The molecule has 1 unspecified atom stereocenters. The molecule has 1 N–H and O–H groups in total. The van der Waals surface area contributed by atoms with Gasteiger partial charge >= 0.3 is 0 Å². The second-order valence-corrected chi connectivity index (χ2v) is 3.13. The lowest BCUT2D eigenvalue weighted by atomic mass is 10.2. The van der Waals surface area contributed by atoms with Crippen LogP contribution in [-0.4, -0.2) is 15.3 Å². The molecule has 2 nitrogen and oxygen atoms in total. The zero-order valence-corrected chi connectivity index (χ0v) is 6.73. The molecule has 1 aromatic heterocycles. The maximum absolute atomic E-state index is 5.76. The summed E-state index contributed by atoms with van der Waals surface area (Å²) in [5, 5.41) is 0.247. The van der Waals surface area contributed by atoms with Gasteiger partial charge in [-0.25, -0.2) is 4.98 Å². The average molecular weight is 159 g/mol. The van der Waals surface area contributed by atoms with Crippen LogP contribution in [-0.2, 0) is 6.42 Å². The summed E-state index contributed by atoms with van der Waals surface area (Å²) in [6, 6.07) is 0. The number of nitrogens with zero attached hydrogens (tertiary/aromatic N) is 1. The molecule has 1 atom stereocenters. The molecule has 0 aliphatic heterocycles. The van der Waals surface area contributed by atoms with E-state index in [1.807, 2.05) is 13.1 Å². The molecular formula is C7H11ClN2. The maximum Gasteiger partial charge on any atom is 0.0923 e. The predicted octanol–water partition coefficient (Wildman–Crippen LogP) is 1.97. The van der Waals surface area contributed by atoms with Crippen LogP contribution in [0.15, 0.2) is 12.5 Å². The molecule has 1 heterocycles. The summed E-state index contributed by atoms with van der Waals surface area (Å²) in [7, 11) is 0. The van der Waals surface area contributed by atoms with Crippen LogP contribution in [0.2, 0.25) is 0 Å². The summed E-state index contributed by atoms with van der Waals surface area (Å²) in [5.74, 6) is 0. The highest BCUT2D eigenvalue weighted by atomic mass is 35.5. The number of hydrogen-bond acceptors (Lipinski definition) is 1. The first-order chi connectivity index (χ1) is 4.79. The van der Waals surface area contributed by atoms with Crippen LogP contribution < -0.4 is 0 Å². The number of halogens is 1. The van der Waals surface area contributed by atoms with Crippen molar-refractivity contribution < 1.29 is 0 Å². The Morgan fingerprint density at radius 2 is 2.60 bits per heavy atom. The third-order valence-corrected chi connectivity index (χ3v) is 1.57. The Kier molecular flexibility index (Phi) is 2.75. The van der Waals surface area contributed by atoms with E-state index in [9.17, 15) is 0 Å².